The number of hydrogen-bond acceptors (Lipinski definition) is 4. The molecule has 1 aliphatic rings. The fraction of sp³-hybridized carbons (Fsp3) is 0.533. The van der Waals surface area contributed by atoms with Crippen LogP contribution in [0, 0.1) is 12.3 Å². The predicted molar refractivity (Wildman–Crippen MR) is 82.5 cm³/mol. The van der Waals surface area contributed by atoms with Crippen molar-refractivity contribution < 1.29 is 19.0 Å². The maximum Gasteiger partial charge on any atom is 0.407 e. The van der Waals surface area contributed by atoms with Crippen LogP contribution in [0.5, 0.6) is 11.5 Å². The topological polar surface area (TPSA) is 56.8 Å². The number of alkyl carbamates (subject to hydrolysis) is 1. The molecule has 6 heteroatoms. The van der Waals surface area contributed by atoms with Gasteiger partial charge >= 0.3 is 6.09 Å². The second-order valence-corrected chi connectivity index (χ2v) is 5.73. The third kappa shape index (κ3) is 3.35. The Bertz CT molecular complexity index is 505. The summed E-state index contributed by atoms with van der Waals surface area (Å²) in [4.78, 5) is 11.6. The highest BCUT2D eigenvalue weighted by Gasteiger charge is 2.41. The smallest absolute Gasteiger partial charge is 0.407 e. The number of halogens is 1. The molecule has 118 valence electrons. The van der Waals surface area contributed by atoms with Gasteiger partial charge in [0.25, 0.3) is 0 Å². The summed E-state index contributed by atoms with van der Waals surface area (Å²) in [6, 6.07) is 3.65. The van der Waals surface area contributed by atoms with E-state index in [1.807, 2.05) is 32.9 Å². The molecule has 1 heterocycles. The Labute approximate surface area is 131 Å². The first kappa shape index (κ1) is 17.4. The summed E-state index contributed by atoms with van der Waals surface area (Å²) in [6.07, 6.45) is -0.418. The van der Waals surface area contributed by atoms with Crippen molar-refractivity contribution in [3.63, 3.8) is 0 Å². The lowest BCUT2D eigenvalue weighted by Crippen LogP contribution is -2.47. The van der Waals surface area contributed by atoms with E-state index in [9.17, 15) is 4.79 Å². The van der Waals surface area contributed by atoms with Gasteiger partial charge in [-0.3, -0.25) is 0 Å². The Morgan fingerprint density at radius 2 is 1.76 bits per heavy atom. The molecule has 0 unspecified atom stereocenters. The van der Waals surface area contributed by atoms with Crippen molar-refractivity contribution in [3.05, 3.63) is 23.3 Å². The first-order chi connectivity index (χ1) is 9.39. The van der Waals surface area contributed by atoms with E-state index in [2.05, 4.69) is 5.32 Å². The Kier molecular flexibility index (Phi) is 5.34. The summed E-state index contributed by atoms with van der Waals surface area (Å²) in [5.41, 5.74) is 1.63. The quantitative estimate of drug-likeness (QED) is 0.930. The minimum absolute atomic E-state index is 0. The second kappa shape index (κ2) is 6.43. The monoisotopic (exact) mass is 315 g/mol. The SMILES string of the molecule is COc1cc(C)cc(OC)c1[C@@H]1NC(=O)OCC1(C)C.Cl. The molecule has 0 radical (unpaired) electrons. The van der Waals surface area contributed by atoms with E-state index >= 15 is 0 Å². The van der Waals surface area contributed by atoms with Crippen LogP contribution in [-0.4, -0.2) is 26.9 Å². The van der Waals surface area contributed by atoms with Crippen molar-refractivity contribution in [3.8, 4) is 11.5 Å². The van der Waals surface area contributed by atoms with E-state index in [0.717, 1.165) is 11.1 Å². The van der Waals surface area contributed by atoms with E-state index in [4.69, 9.17) is 14.2 Å². The van der Waals surface area contributed by atoms with Crippen LogP contribution >= 0.6 is 12.4 Å². The standard InChI is InChI=1S/C15H21NO4.ClH/c1-9-6-10(18-4)12(11(7-9)19-5)13-15(2,3)8-20-14(17)16-13;/h6-7,13H,8H2,1-5H3,(H,16,17);1H/t13-;/m0./s1. The molecule has 5 nitrogen and oxygen atoms in total. The third-order valence-electron chi connectivity index (χ3n) is 3.60. The molecule has 0 saturated carbocycles. The summed E-state index contributed by atoms with van der Waals surface area (Å²) in [5.74, 6) is 1.42. The molecule has 1 aliphatic heterocycles. The van der Waals surface area contributed by atoms with E-state index in [1.54, 1.807) is 14.2 Å². The van der Waals surface area contributed by atoms with E-state index in [1.165, 1.54) is 0 Å². The molecule has 1 aromatic carbocycles. The molecule has 0 bridgehead atoms. The number of nitrogens with one attached hydrogen (secondary N) is 1. The van der Waals surface area contributed by atoms with Crippen LogP contribution in [-0.2, 0) is 4.74 Å². The van der Waals surface area contributed by atoms with E-state index in [0.29, 0.717) is 18.1 Å². The van der Waals surface area contributed by atoms with Gasteiger partial charge in [0.2, 0.25) is 0 Å². The van der Waals surface area contributed by atoms with E-state index < -0.39 is 6.09 Å². The molecule has 21 heavy (non-hydrogen) atoms. The van der Waals surface area contributed by atoms with Gasteiger partial charge in [0.1, 0.15) is 18.1 Å². The zero-order valence-electron chi connectivity index (χ0n) is 13.0. The van der Waals surface area contributed by atoms with Gasteiger partial charge in [-0.1, -0.05) is 13.8 Å². The fourth-order valence-electron chi connectivity index (χ4n) is 2.51. The molecule has 0 spiro atoms. The lowest BCUT2D eigenvalue weighted by atomic mass is 9.79. The van der Waals surface area contributed by atoms with Gasteiger partial charge in [0, 0.05) is 5.41 Å². The Hall–Kier alpha value is -1.62. The van der Waals surface area contributed by atoms with Crippen LogP contribution in [0.4, 0.5) is 4.79 Å². The zero-order valence-corrected chi connectivity index (χ0v) is 13.8. The molecule has 1 atom stereocenters. The van der Waals surface area contributed by atoms with Crippen LogP contribution < -0.4 is 14.8 Å². The minimum atomic E-state index is -0.418. The number of ether oxygens (including phenoxy) is 3. The zero-order chi connectivity index (χ0) is 14.9. The predicted octanol–water partition coefficient (Wildman–Crippen LogP) is 3.24. The van der Waals surface area contributed by atoms with Crippen LogP contribution in [0.15, 0.2) is 12.1 Å². The summed E-state index contributed by atoms with van der Waals surface area (Å²) < 4.78 is 16.0. The number of carbonyl (C=O) groups is 1. The highest BCUT2D eigenvalue weighted by atomic mass is 35.5. The lowest BCUT2D eigenvalue weighted by molar-refractivity contribution is 0.0374. The van der Waals surface area contributed by atoms with Crippen LogP contribution in [0.25, 0.3) is 0 Å². The number of carbonyl (C=O) groups excluding carboxylic acids is 1. The molecule has 0 aliphatic carbocycles. The molecule has 1 amide bonds. The van der Waals surface area contributed by atoms with Crippen molar-refractivity contribution >= 4 is 18.5 Å². The maximum atomic E-state index is 11.6. The van der Waals surface area contributed by atoms with Crippen molar-refractivity contribution in [2.75, 3.05) is 20.8 Å². The van der Waals surface area contributed by atoms with Gasteiger partial charge in [-0.15, -0.1) is 12.4 Å². The van der Waals surface area contributed by atoms with Gasteiger partial charge in [0.05, 0.1) is 25.8 Å². The molecule has 0 aromatic heterocycles. The Balaban J connectivity index is 0.00000220. The molecule has 1 N–H and O–H groups in total. The van der Waals surface area contributed by atoms with E-state index in [-0.39, 0.29) is 23.9 Å². The van der Waals surface area contributed by atoms with Gasteiger partial charge in [0.15, 0.2) is 0 Å². The fourth-order valence-corrected chi connectivity index (χ4v) is 2.51. The number of methoxy groups -OCH3 is 2. The first-order valence-electron chi connectivity index (χ1n) is 6.55. The maximum absolute atomic E-state index is 11.6. The summed E-state index contributed by atoms with van der Waals surface area (Å²) in [7, 11) is 3.23. The second-order valence-electron chi connectivity index (χ2n) is 5.73. The molecule has 1 fully saturated rings. The van der Waals surface area contributed by atoms with Crippen LogP contribution in [0.2, 0.25) is 0 Å². The average molecular weight is 316 g/mol. The number of hydrogen-bond donors (Lipinski definition) is 1. The van der Waals surface area contributed by atoms with Crippen LogP contribution in [0.3, 0.4) is 0 Å². The minimum Gasteiger partial charge on any atom is -0.496 e. The molecule has 1 aromatic rings. The molecule has 2 rings (SSSR count). The number of aryl methyl sites for hydroxylation is 1. The van der Waals surface area contributed by atoms with Gasteiger partial charge in [-0.05, 0) is 24.6 Å². The highest BCUT2D eigenvalue weighted by molar-refractivity contribution is 5.85. The molecular formula is C15H22ClNO4. The summed E-state index contributed by atoms with van der Waals surface area (Å²) in [6.45, 7) is 6.40. The third-order valence-corrected chi connectivity index (χ3v) is 3.60. The van der Waals surface area contributed by atoms with Gasteiger partial charge in [-0.2, -0.15) is 0 Å². The van der Waals surface area contributed by atoms with Gasteiger partial charge in [-0.25, -0.2) is 4.79 Å². The van der Waals surface area contributed by atoms with Gasteiger partial charge < -0.3 is 19.5 Å². The number of cyclic esters (lactones) is 1. The molecular weight excluding hydrogens is 294 g/mol. The van der Waals surface area contributed by atoms with Crippen LogP contribution in [0.1, 0.15) is 31.0 Å². The largest absolute Gasteiger partial charge is 0.496 e. The summed E-state index contributed by atoms with van der Waals surface area (Å²) in [5, 5.41) is 2.87. The van der Waals surface area contributed by atoms with Crippen molar-refractivity contribution in [2.24, 2.45) is 5.41 Å². The number of rotatable bonds is 3. The number of amides is 1. The Morgan fingerprint density at radius 3 is 2.24 bits per heavy atom. The lowest BCUT2D eigenvalue weighted by Gasteiger charge is -2.39. The molecule has 1 saturated heterocycles. The summed E-state index contributed by atoms with van der Waals surface area (Å²) >= 11 is 0. The van der Waals surface area contributed by atoms with Crippen molar-refractivity contribution in [2.45, 2.75) is 26.8 Å². The highest BCUT2D eigenvalue weighted by Crippen LogP contribution is 2.45. The van der Waals surface area contributed by atoms with Crippen molar-refractivity contribution in [1.29, 1.82) is 0 Å². The Morgan fingerprint density at radius 1 is 1.24 bits per heavy atom. The number of benzene rings is 1. The normalized spacial score (nSPS) is 19.9. The average Bonchev–Trinajstić information content (AvgIpc) is 2.40. The van der Waals surface area contributed by atoms with Crippen molar-refractivity contribution in [1.82, 2.24) is 5.32 Å². The first-order valence-corrected chi connectivity index (χ1v) is 6.55.